The monoisotopic (exact) mass is 352 g/mol. The van der Waals surface area contributed by atoms with Gasteiger partial charge in [0.25, 0.3) is 0 Å². The molecule has 0 fully saturated rings. The third kappa shape index (κ3) is 2.55. The number of ether oxygens (including phenoxy) is 2. The average molecular weight is 354 g/mol. The van der Waals surface area contributed by atoms with Gasteiger partial charge in [-0.3, -0.25) is 4.79 Å². The summed E-state index contributed by atoms with van der Waals surface area (Å²) in [5.74, 6) is -1.36. The van der Waals surface area contributed by atoms with E-state index in [1.807, 2.05) is 0 Å². The fourth-order valence-corrected chi connectivity index (χ4v) is 2.84. The predicted octanol–water partition coefficient (Wildman–Crippen LogP) is 1.93. The summed E-state index contributed by atoms with van der Waals surface area (Å²) in [6.07, 6.45) is 4.72. The number of hydrogen-bond acceptors (Lipinski definition) is 4. The Kier molecular flexibility index (Phi) is 4.32. The predicted molar refractivity (Wildman–Crippen MR) is 65.3 cm³/mol. The summed E-state index contributed by atoms with van der Waals surface area (Å²) in [5, 5.41) is 0. The molecule has 0 saturated heterocycles. The quantitative estimate of drug-likeness (QED) is 0.432. The van der Waals surface area contributed by atoms with E-state index in [4.69, 9.17) is 0 Å². The Hall–Kier alpha value is -0.620. The van der Waals surface area contributed by atoms with Crippen molar-refractivity contribution in [1.82, 2.24) is 0 Å². The SMILES string of the molecule is COC(=O)C1C=CC(Br)(C(=O)OC)C=C1Br. The maximum absolute atomic E-state index is 11.5. The van der Waals surface area contributed by atoms with Crippen LogP contribution in [-0.2, 0) is 19.1 Å². The summed E-state index contributed by atoms with van der Waals surface area (Å²) in [6, 6.07) is 0. The number of alkyl halides is 1. The first-order chi connectivity index (χ1) is 7.44. The van der Waals surface area contributed by atoms with Crippen LogP contribution in [-0.4, -0.2) is 30.5 Å². The number of esters is 2. The van der Waals surface area contributed by atoms with Crippen LogP contribution in [0, 0.1) is 5.92 Å². The standard InChI is InChI=1S/C10H10Br2O4/c1-15-8(13)6-3-4-10(12,5-7(6)11)9(14)16-2/h3-6H,1-2H3. The first-order valence-electron chi connectivity index (χ1n) is 4.37. The maximum atomic E-state index is 11.5. The molecule has 16 heavy (non-hydrogen) atoms. The zero-order valence-corrected chi connectivity index (χ0v) is 11.9. The largest absolute Gasteiger partial charge is 0.468 e. The van der Waals surface area contributed by atoms with E-state index >= 15 is 0 Å². The Morgan fingerprint density at radius 2 is 2.00 bits per heavy atom. The van der Waals surface area contributed by atoms with Crippen LogP contribution in [0.25, 0.3) is 0 Å². The third-order valence-corrected chi connectivity index (χ3v) is 3.67. The smallest absolute Gasteiger partial charge is 0.330 e. The minimum absolute atomic E-state index is 0.390. The highest BCUT2D eigenvalue weighted by Gasteiger charge is 2.37. The second kappa shape index (κ2) is 5.14. The van der Waals surface area contributed by atoms with Gasteiger partial charge in [-0.05, 0) is 6.08 Å². The normalized spacial score (nSPS) is 28.2. The molecule has 0 aromatic carbocycles. The molecule has 6 heteroatoms. The number of carbonyl (C=O) groups excluding carboxylic acids is 2. The molecule has 0 radical (unpaired) electrons. The summed E-state index contributed by atoms with van der Waals surface area (Å²) in [7, 11) is 2.61. The summed E-state index contributed by atoms with van der Waals surface area (Å²) >= 11 is 6.48. The van der Waals surface area contributed by atoms with Gasteiger partial charge in [0.2, 0.25) is 0 Å². The van der Waals surface area contributed by atoms with Crippen molar-refractivity contribution >= 4 is 43.8 Å². The van der Waals surface area contributed by atoms with Crippen molar-refractivity contribution in [2.75, 3.05) is 14.2 Å². The molecule has 88 valence electrons. The minimum Gasteiger partial charge on any atom is -0.468 e. The Balaban J connectivity index is 2.97. The molecule has 0 heterocycles. The molecule has 0 bridgehead atoms. The molecule has 1 aliphatic carbocycles. The second-order valence-electron chi connectivity index (χ2n) is 3.15. The third-order valence-electron chi connectivity index (χ3n) is 2.13. The van der Waals surface area contributed by atoms with Gasteiger partial charge in [0, 0.05) is 4.48 Å². The van der Waals surface area contributed by atoms with Gasteiger partial charge in [0.1, 0.15) is 5.92 Å². The number of rotatable bonds is 2. The van der Waals surface area contributed by atoms with Gasteiger partial charge < -0.3 is 9.47 Å². The Labute approximate surface area is 110 Å². The Morgan fingerprint density at radius 3 is 2.44 bits per heavy atom. The molecule has 2 atom stereocenters. The number of methoxy groups -OCH3 is 2. The van der Waals surface area contributed by atoms with Crippen molar-refractivity contribution in [2.24, 2.45) is 5.92 Å². The molecular formula is C10H10Br2O4. The van der Waals surface area contributed by atoms with Crippen molar-refractivity contribution in [3.63, 3.8) is 0 Å². The van der Waals surface area contributed by atoms with Gasteiger partial charge in [-0.25, -0.2) is 4.79 Å². The van der Waals surface area contributed by atoms with Gasteiger partial charge in [-0.1, -0.05) is 44.0 Å². The lowest BCUT2D eigenvalue weighted by atomic mass is 9.96. The molecule has 0 amide bonds. The van der Waals surface area contributed by atoms with Crippen LogP contribution >= 0.6 is 31.9 Å². The summed E-state index contributed by atoms with van der Waals surface area (Å²) in [4.78, 5) is 22.8. The molecule has 2 unspecified atom stereocenters. The van der Waals surface area contributed by atoms with Crippen LogP contribution in [0.4, 0.5) is 0 Å². The highest BCUT2D eigenvalue weighted by Crippen LogP contribution is 2.35. The van der Waals surface area contributed by atoms with Crippen LogP contribution in [0.2, 0.25) is 0 Å². The van der Waals surface area contributed by atoms with Gasteiger partial charge in [-0.2, -0.15) is 0 Å². The van der Waals surface area contributed by atoms with E-state index in [0.29, 0.717) is 4.48 Å². The lowest BCUT2D eigenvalue weighted by Crippen LogP contribution is -2.32. The molecule has 4 nitrogen and oxygen atoms in total. The van der Waals surface area contributed by atoms with Crippen molar-refractivity contribution in [2.45, 2.75) is 4.32 Å². The lowest BCUT2D eigenvalue weighted by molar-refractivity contribution is -0.143. The second-order valence-corrected chi connectivity index (χ2v) is 5.38. The van der Waals surface area contributed by atoms with E-state index in [9.17, 15) is 9.59 Å². The number of hydrogen-bond donors (Lipinski definition) is 0. The van der Waals surface area contributed by atoms with E-state index in [1.54, 1.807) is 18.2 Å². The highest BCUT2D eigenvalue weighted by molar-refractivity contribution is 9.12. The van der Waals surface area contributed by atoms with E-state index in [-0.39, 0.29) is 0 Å². The van der Waals surface area contributed by atoms with Crippen LogP contribution in [0.5, 0.6) is 0 Å². The molecule has 0 aliphatic heterocycles. The maximum Gasteiger partial charge on any atom is 0.330 e. The number of halogens is 2. The molecule has 0 aromatic heterocycles. The van der Waals surface area contributed by atoms with E-state index in [1.165, 1.54) is 14.2 Å². The van der Waals surface area contributed by atoms with E-state index in [0.717, 1.165) is 0 Å². The van der Waals surface area contributed by atoms with E-state index < -0.39 is 22.2 Å². The summed E-state index contributed by atoms with van der Waals surface area (Å²) in [6.45, 7) is 0. The van der Waals surface area contributed by atoms with Gasteiger partial charge in [-0.15, -0.1) is 0 Å². The first kappa shape index (κ1) is 13.4. The first-order valence-corrected chi connectivity index (χ1v) is 5.96. The Morgan fingerprint density at radius 1 is 1.38 bits per heavy atom. The van der Waals surface area contributed by atoms with E-state index in [2.05, 4.69) is 41.3 Å². The van der Waals surface area contributed by atoms with Gasteiger partial charge in [0.05, 0.1) is 14.2 Å². The highest BCUT2D eigenvalue weighted by atomic mass is 79.9. The molecule has 0 saturated carbocycles. The van der Waals surface area contributed by atoms with Crippen molar-refractivity contribution < 1.29 is 19.1 Å². The van der Waals surface area contributed by atoms with Crippen LogP contribution < -0.4 is 0 Å². The van der Waals surface area contributed by atoms with Gasteiger partial charge in [0.15, 0.2) is 4.32 Å². The molecule has 0 aromatic rings. The zero-order chi connectivity index (χ0) is 12.3. The minimum atomic E-state index is -1.02. The Bertz CT molecular complexity index is 375. The zero-order valence-electron chi connectivity index (χ0n) is 8.70. The molecular weight excluding hydrogens is 344 g/mol. The fraction of sp³-hybridized carbons (Fsp3) is 0.400. The summed E-state index contributed by atoms with van der Waals surface area (Å²) in [5.41, 5.74) is 0. The van der Waals surface area contributed by atoms with Gasteiger partial charge >= 0.3 is 11.9 Å². The average Bonchev–Trinajstić information content (AvgIpc) is 2.27. The van der Waals surface area contributed by atoms with Crippen molar-refractivity contribution in [1.29, 1.82) is 0 Å². The summed E-state index contributed by atoms with van der Waals surface area (Å²) < 4.78 is 8.80. The molecule has 0 N–H and O–H groups in total. The lowest BCUT2D eigenvalue weighted by Gasteiger charge is -2.23. The van der Waals surface area contributed by atoms with Crippen LogP contribution in [0.1, 0.15) is 0 Å². The van der Waals surface area contributed by atoms with Crippen LogP contribution in [0.3, 0.4) is 0 Å². The van der Waals surface area contributed by atoms with Crippen LogP contribution in [0.15, 0.2) is 22.7 Å². The molecule has 0 spiro atoms. The number of carbonyl (C=O) groups is 2. The fourth-order valence-electron chi connectivity index (χ4n) is 1.27. The van der Waals surface area contributed by atoms with Crippen molar-refractivity contribution in [3.8, 4) is 0 Å². The van der Waals surface area contributed by atoms with Crippen molar-refractivity contribution in [3.05, 3.63) is 22.7 Å². The topological polar surface area (TPSA) is 52.6 Å². The molecule has 1 aliphatic rings. The molecule has 1 rings (SSSR count).